The predicted octanol–water partition coefficient (Wildman–Crippen LogP) is 2.17. The molecule has 0 aliphatic carbocycles. The molecule has 2 fully saturated rings. The maximum absolute atomic E-state index is 12.5. The van der Waals surface area contributed by atoms with E-state index in [2.05, 4.69) is 60.2 Å². The van der Waals surface area contributed by atoms with E-state index < -0.39 is 0 Å². The highest BCUT2D eigenvalue weighted by Crippen LogP contribution is 2.23. The number of carbonyl (C=O) groups is 1. The molecule has 2 aliphatic heterocycles. The topological polar surface area (TPSA) is 57.2 Å². The maximum Gasteiger partial charge on any atom is 0.251 e. The van der Waals surface area contributed by atoms with Crippen molar-refractivity contribution in [2.75, 3.05) is 46.4 Å². The van der Waals surface area contributed by atoms with E-state index >= 15 is 0 Å². The smallest absolute Gasteiger partial charge is 0.251 e. The van der Waals surface area contributed by atoms with Gasteiger partial charge in [0.15, 0.2) is 5.96 Å². The second kappa shape index (κ2) is 8.95. The van der Waals surface area contributed by atoms with Crippen LogP contribution < -0.4 is 5.32 Å². The third-order valence-electron chi connectivity index (χ3n) is 5.83. The fourth-order valence-electron chi connectivity index (χ4n) is 3.85. The first-order chi connectivity index (χ1) is 13.4. The molecule has 0 radical (unpaired) electrons. The zero-order valence-corrected chi connectivity index (χ0v) is 17.7. The van der Waals surface area contributed by atoms with Crippen LogP contribution in [0.15, 0.2) is 29.3 Å². The van der Waals surface area contributed by atoms with Gasteiger partial charge in [0.1, 0.15) is 6.10 Å². The molecule has 1 aromatic rings. The number of benzene rings is 1. The minimum absolute atomic E-state index is 0.00123. The molecule has 6 heteroatoms. The van der Waals surface area contributed by atoms with Gasteiger partial charge >= 0.3 is 0 Å². The first-order valence-corrected chi connectivity index (χ1v) is 10.3. The van der Waals surface area contributed by atoms with E-state index in [0.29, 0.717) is 6.61 Å². The van der Waals surface area contributed by atoms with E-state index in [9.17, 15) is 4.79 Å². The summed E-state index contributed by atoms with van der Waals surface area (Å²) in [7, 11) is 1.82. The van der Waals surface area contributed by atoms with Crippen LogP contribution >= 0.6 is 0 Å². The van der Waals surface area contributed by atoms with Gasteiger partial charge in [-0.3, -0.25) is 9.79 Å². The minimum Gasteiger partial charge on any atom is -0.368 e. The SMILES string of the molecule is CN=C(NCC(C)(C)c1ccc(C)cc1)N1CCN(C(=O)C2CCCO2)CC1. The standard InChI is InChI=1S/C22H34N4O2/c1-17-7-9-18(10-8-17)22(2,3)16-24-21(23-4)26-13-11-25(12-14-26)20(27)19-6-5-15-28-19/h7-10,19H,5-6,11-16H2,1-4H3,(H,23,24). The third-order valence-corrected chi connectivity index (χ3v) is 5.83. The lowest BCUT2D eigenvalue weighted by atomic mass is 9.84. The summed E-state index contributed by atoms with van der Waals surface area (Å²) < 4.78 is 5.55. The third kappa shape index (κ3) is 4.85. The van der Waals surface area contributed by atoms with E-state index in [1.165, 1.54) is 11.1 Å². The molecule has 2 heterocycles. The van der Waals surface area contributed by atoms with Crippen LogP contribution in [0.5, 0.6) is 0 Å². The molecule has 28 heavy (non-hydrogen) atoms. The molecule has 2 saturated heterocycles. The summed E-state index contributed by atoms with van der Waals surface area (Å²) in [6.45, 7) is 11.2. The van der Waals surface area contributed by atoms with Crippen LogP contribution in [0.4, 0.5) is 0 Å². The van der Waals surface area contributed by atoms with Crippen LogP contribution in [0, 0.1) is 6.92 Å². The first kappa shape index (κ1) is 20.6. The molecule has 1 amide bonds. The largest absolute Gasteiger partial charge is 0.368 e. The van der Waals surface area contributed by atoms with Crippen molar-refractivity contribution in [2.45, 2.75) is 45.1 Å². The van der Waals surface area contributed by atoms with Gasteiger partial charge < -0.3 is 19.9 Å². The van der Waals surface area contributed by atoms with E-state index in [4.69, 9.17) is 4.74 Å². The number of rotatable bonds is 4. The van der Waals surface area contributed by atoms with E-state index in [1.807, 2.05) is 11.9 Å². The molecule has 1 unspecified atom stereocenters. The lowest BCUT2D eigenvalue weighted by Gasteiger charge is -2.38. The quantitative estimate of drug-likeness (QED) is 0.637. The number of nitrogens with zero attached hydrogens (tertiary/aromatic N) is 3. The first-order valence-electron chi connectivity index (χ1n) is 10.3. The van der Waals surface area contributed by atoms with Gasteiger partial charge in [0.05, 0.1) is 0 Å². The highest BCUT2D eigenvalue weighted by molar-refractivity contribution is 5.82. The number of aryl methyl sites for hydroxylation is 1. The van der Waals surface area contributed by atoms with Crippen molar-refractivity contribution in [3.05, 3.63) is 35.4 Å². The van der Waals surface area contributed by atoms with E-state index in [1.54, 1.807) is 0 Å². The Hall–Kier alpha value is -2.08. The Bertz CT molecular complexity index is 685. The Labute approximate surface area is 168 Å². The zero-order valence-electron chi connectivity index (χ0n) is 17.7. The van der Waals surface area contributed by atoms with Gasteiger partial charge in [-0.2, -0.15) is 0 Å². The number of amides is 1. The summed E-state index contributed by atoms with van der Waals surface area (Å²) in [6, 6.07) is 8.73. The van der Waals surface area contributed by atoms with Crippen LogP contribution in [0.3, 0.4) is 0 Å². The highest BCUT2D eigenvalue weighted by atomic mass is 16.5. The van der Waals surface area contributed by atoms with Crippen molar-refractivity contribution < 1.29 is 9.53 Å². The number of carbonyl (C=O) groups excluding carboxylic acids is 1. The van der Waals surface area contributed by atoms with Gasteiger partial charge in [0, 0.05) is 51.8 Å². The van der Waals surface area contributed by atoms with Gasteiger partial charge in [-0.05, 0) is 25.3 Å². The Morgan fingerprint density at radius 1 is 1.18 bits per heavy atom. The van der Waals surface area contributed by atoms with Crippen LogP contribution in [0.2, 0.25) is 0 Å². The molecule has 1 N–H and O–H groups in total. The number of piperazine rings is 1. The molecule has 0 saturated carbocycles. The molecular weight excluding hydrogens is 352 g/mol. The van der Waals surface area contributed by atoms with E-state index in [-0.39, 0.29) is 17.4 Å². The lowest BCUT2D eigenvalue weighted by molar-refractivity contribution is -0.142. The second-order valence-corrected chi connectivity index (χ2v) is 8.46. The van der Waals surface area contributed by atoms with Crippen molar-refractivity contribution in [3.63, 3.8) is 0 Å². The number of ether oxygens (including phenoxy) is 1. The van der Waals surface area contributed by atoms with Gasteiger partial charge in [0.25, 0.3) is 5.91 Å². The van der Waals surface area contributed by atoms with Gasteiger partial charge in [-0.25, -0.2) is 0 Å². The molecule has 2 aliphatic rings. The highest BCUT2D eigenvalue weighted by Gasteiger charge is 2.31. The molecule has 3 rings (SSSR count). The average molecular weight is 387 g/mol. The van der Waals surface area contributed by atoms with Crippen LogP contribution in [-0.2, 0) is 14.9 Å². The fraction of sp³-hybridized carbons (Fsp3) is 0.636. The zero-order chi connectivity index (χ0) is 20.1. The maximum atomic E-state index is 12.5. The number of nitrogens with one attached hydrogen (secondary N) is 1. The van der Waals surface area contributed by atoms with Gasteiger partial charge in [-0.15, -0.1) is 0 Å². The predicted molar refractivity (Wildman–Crippen MR) is 113 cm³/mol. The summed E-state index contributed by atoms with van der Waals surface area (Å²) in [4.78, 5) is 21.2. The fourth-order valence-corrected chi connectivity index (χ4v) is 3.85. The molecule has 154 valence electrons. The number of guanidine groups is 1. The Kier molecular flexibility index (Phi) is 6.60. The number of hydrogen-bond acceptors (Lipinski definition) is 3. The van der Waals surface area contributed by atoms with Gasteiger partial charge in [0.2, 0.25) is 0 Å². The molecule has 6 nitrogen and oxygen atoms in total. The Morgan fingerprint density at radius 2 is 1.82 bits per heavy atom. The van der Waals surface area contributed by atoms with Crippen LogP contribution in [-0.4, -0.2) is 74.1 Å². The summed E-state index contributed by atoms with van der Waals surface area (Å²) >= 11 is 0. The molecule has 0 aromatic heterocycles. The second-order valence-electron chi connectivity index (χ2n) is 8.46. The van der Waals surface area contributed by atoms with E-state index in [0.717, 1.165) is 51.5 Å². The summed E-state index contributed by atoms with van der Waals surface area (Å²) in [6.07, 6.45) is 1.62. The Balaban J connectivity index is 1.52. The molecular formula is C22H34N4O2. The molecule has 0 bridgehead atoms. The van der Waals surface area contributed by atoms with Crippen LogP contribution in [0.25, 0.3) is 0 Å². The van der Waals surface area contributed by atoms with Crippen molar-refractivity contribution in [1.29, 1.82) is 0 Å². The molecule has 1 atom stereocenters. The normalized spacial score (nSPS) is 21.1. The minimum atomic E-state index is -0.223. The van der Waals surface area contributed by atoms with Crippen LogP contribution in [0.1, 0.15) is 37.8 Å². The Morgan fingerprint density at radius 3 is 2.39 bits per heavy atom. The monoisotopic (exact) mass is 386 g/mol. The van der Waals surface area contributed by atoms with Crippen molar-refractivity contribution in [1.82, 2.24) is 15.1 Å². The van der Waals surface area contributed by atoms with Gasteiger partial charge in [-0.1, -0.05) is 43.7 Å². The van der Waals surface area contributed by atoms with Crippen molar-refractivity contribution in [2.24, 2.45) is 4.99 Å². The summed E-state index contributed by atoms with van der Waals surface area (Å²) in [5, 5.41) is 3.54. The lowest BCUT2D eigenvalue weighted by Crippen LogP contribution is -2.56. The summed E-state index contributed by atoms with van der Waals surface area (Å²) in [5.74, 6) is 1.06. The average Bonchev–Trinajstić information content (AvgIpc) is 3.23. The van der Waals surface area contributed by atoms with Crippen molar-refractivity contribution >= 4 is 11.9 Å². The number of aliphatic imine (C=N–C) groups is 1. The molecule has 0 spiro atoms. The summed E-state index contributed by atoms with van der Waals surface area (Å²) in [5.41, 5.74) is 2.59. The van der Waals surface area contributed by atoms with Crippen molar-refractivity contribution in [3.8, 4) is 0 Å². The molecule has 1 aromatic carbocycles. The number of hydrogen-bond donors (Lipinski definition) is 1.